The first-order chi connectivity index (χ1) is 13.0. The fourth-order valence-electron chi connectivity index (χ4n) is 2.43. The van der Waals surface area contributed by atoms with Gasteiger partial charge in [-0.05, 0) is 24.3 Å². The second-order valence-corrected chi connectivity index (χ2v) is 6.73. The van der Waals surface area contributed by atoms with Crippen molar-refractivity contribution in [2.24, 2.45) is 0 Å². The lowest BCUT2D eigenvalue weighted by atomic mass is 10.2. The third-order valence-corrected chi connectivity index (χ3v) is 4.84. The lowest BCUT2D eigenvalue weighted by Crippen LogP contribution is -1.94. The van der Waals surface area contributed by atoms with Gasteiger partial charge in [-0.1, -0.05) is 23.4 Å². The van der Waals surface area contributed by atoms with Crippen LogP contribution in [0.5, 0.6) is 11.5 Å². The van der Waals surface area contributed by atoms with Gasteiger partial charge in [-0.25, -0.2) is 4.98 Å². The van der Waals surface area contributed by atoms with Crippen LogP contribution in [0.25, 0.3) is 11.4 Å². The normalized spacial score (nSPS) is 10.6. The number of nitrogens with one attached hydrogen (secondary N) is 1. The Morgan fingerprint density at radius 2 is 1.93 bits per heavy atom. The van der Waals surface area contributed by atoms with Gasteiger partial charge in [0.15, 0.2) is 5.82 Å². The van der Waals surface area contributed by atoms with Crippen LogP contribution in [-0.4, -0.2) is 34.3 Å². The Morgan fingerprint density at radius 1 is 1.19 bits per heavy atom. The largest absolute Gasteiger partial charge is 0.496 e. The Labute approximate surface area is 164 Å². The number of benzene rings is 2. The summed E-state index contributed by atoms with van der Waals surface area (Å²) in [5.74, 6) is 2.12. The predicted octanol–water partition coefficient (Wildman–Crippen LogP) is 4.34. The van der Waals surface area contributed by atoms with Gasteiger partial charge < -0.3 is 9.47 Å². The molecular formula is C17H15ClN4O4S. The third-order valence-electron chi connectivity index (χ3n) is 3.71. The molecule has 1 heterocycles. The van der Waals surface area contributed by atoms with Crippen LogP contribution in [0.2, 0.25) is 5.02 Å². The molecule has 0 spiro atoms. The molecule has 0 fully saturated rings. The van der Waals surface area contributed by atoms with E-state index in [2.05, 4.69) is 15.2 Å². The van der Waals surface area contributed by atoms with Crippen molar-refractivity contribution in [1.29, 1.82) is 0 Å². The second kappa shape index (κ2) is 8.28. The number of H-pyrrole nitrogens is 1. The van der Waals surface area contributed by atoms with Crippen LogP contribution < -0.4 is 9.47 Å². The number of methoxy groups -OCH3 is 2. The highest BCUT2D eigenvalue weighted by molar-refractivity contribution is 7.98. The highest BCUT2D eigenvalue weighted by Crippen LogP contribution is 2.33. The maximum atomic E-state index is 11.0. The molecule has 27 heavy (non-hydrogen) atoms. The monoisotopic (exact) mass is 406 g/mol. The molecule has 0 unspecified atom stereocenters. The predicted molar refractivity (Wildman–Crippen MR) is 103 cm³/mol. The van der Waals surface area contributed by atoms with Crippen molar-refractivity contribution in [1.82, 2.24) is 15.2 Å². The van der Waals surface area contributed by atoms with E-state index in [0.717, 1.165) is 0 Å². The molecule has 0 saturated heterocycles. The molecule has 0 atom stereocenters. The van der Waals surface area contributed by atoms with Gasteiger partial charge >= 0.3 is 0 Å². The third kappa shape index (κ3) is 4.32. The molecule has 3 aromatic rings. The van der Waals surface area contributed by atoms with Gasteiger partial charge in [0.05, 0.1) is 24.7 Å². The van der Waals surface area contributed by atoms with Gasteiger partial charge in [-0.3, -0.25) is 15.2 Å². The molecule has 2 aromatic carbocycles. The van der Waals surface area contributed by atoms with E-state index in [1.165, 1.54) is 31.0 Å². The molecule has 8 nitrogen and oxygen atoms in total. The number of nitrogens with zero attached hydrogens (tertiary/aromatic N) is 3. The van der Waals surface area contributed by atoms with Gasteiger partial charge in [-0.15, -0.1) is 5.10 Å². The number of aromatic nitrogens is 3. The number of hydrogen-bond acceptors (Lipinski definition) is 7. The molecule has 140 valence electrons. The zero-order chi connectivity index (χ0) is 19.4. The zero-order valence-electron chi connectivity index (χ0n) is 14.4. The summed E-state index contributed by atoms with van der Waals surface area (Å²) in [6, 6.07) is 9.68. The first kappa shape index (κ1) is 19.0. The SMILES string of the molecule is COc1ccc([N+](=O)[O-])cc1CSc1n[nH]c(-c2cc(Cl)ccc2OC)n1. The topological polar surface area (TPSA) is 103 Å². The molecule has 0 radical (unpaired) electrons. The summed E-state index contributed by atoms with van der Waals surface area (Å²) in [5, 5.41) is 19.1. The minimum absolute atomic E-state index is 0.00531. The summed E-state index contributed by atoms with van der Waals surface area (Å²) in [6.45, 7) is 0. The number of rotatable bonds is 7. The van der Waals surface area contributed by atoms with Crippen molar-refractivity contribution in [2.75, 3.05) is 14.2 Å². The number of nitro groups is 1. The molecule has 0 saturated carbocycles. The van der Waals surface area contributed by atoms with E-state index in [-0.39, 0.29) is 5.69 Å². The Kier molecular flexibility index (Phi) is 5.82. The maximum Gasteiger partial charge on any atom is 0.270 e. The average molecular weight is 407 g/mol. The molecule has 1 N–H and O–H groups in total. The molecule has 10 heteroatoms. The number of non-ortho nitro benzene ring substituents is 1. The number of thioether (sulfide) groups is 1. The highest BCUT2D eigenvalue weighted by Gasteiger charge is 2.15. The fraction of sp³-hybridized carbons (Fsp3) is 0.176. The smallest absolute Gasteiger partial charge is 0.270 e. The first-order valence-corrected chi connectivity index (χ1v) is 9.08. The minimum Gasteiger partial charge on any atom is -0.496 e. The lowest BCUT2D eigenvalue weighted by Gasteiger charge is -2.07. The Morgan fingerprint density at radius 3 is 2.63 bits per heavy atom. The van der Waals surface area contributed by atoms with Crippen LogP contribution >= 0.6 is 23.4 Å². The lowest BCUT2D eigenvalue weighted by molar-refractivity contribution is -0.384. The number of ether oxygens (including phenoxy) is 2. The van der Waals surface area contributed by atoms with E-state index in [1.54, 1.807) is 31.4 Å². The van der Waals surface area contributed by atoms with E-state index in [0.29, 0.717) is 44.4 Å². The molecular weight excluding hydrogens is 392 g/mol. The average Bonchev–Trinajstić information content (AvgIpc) is 3.14. The Balaban J connectivity index is 1.80. The van der Waals surface area contributed by atoms with E-state index >= 15 is 0 Å². The molecule has 3 rings (SSSR count). The standard InChI is InChI=1S/C17H15ClN4O4S/c1-25-14-6-4-12(22(23)24)7-10(14)9-27-17-19-16(20-21-17)13-8-11(18)3-5-15(13)26-2/h3-8H,9H2,1-2H3,(H,19,20,21). The number of nitro benzene ring substituents is 1. The quantitative estimate of drug-likeness (QED) is 0.353. The summed E-state index contributed by atoms with van der Waals surface area (Å²) in [7, 11) is 3.08. The maximum absolute atomic E-state index is 11.0. The zero-order valence-corrected chi connectivity index (χ0v) is 16.0. The van der Waals surface area contributed by atoms with Crippen LogP contribution in [0.4, 0.5) is 5.69 Å². The van der Waals surface area contributed by atoms with E-state index in [4.69, 9.17) is 21.1 Å². The van der Waals surface area contributed by atoms with Crippen LogP contribution in [0, 0.1) is 10.1 Å². The fourth-order valence-corrected chi connectivity index (χ4v) is 3.38. The Hall–Kier alpha value is -2.78. The van der Waals surface area contributed by atoms with Crippen molar-refractivity contribution in [3.05, 3.63) is 57.1 Å². The molecule has 0 aliphatic heterocycles. The summed E-state index contributed by atoms with van der Waals surface area (Å²) >= 11 is 7.38. The van der Waals surface area contributed by atoms with Gasteiger partial charge in [0.1, 0.15) is 11.5 Å². The van der Waals surface area contributed by atoms with Gasteiger partial charge in [0.25, 0.3) is 5.69 Å². The summed E-state index contributed by atoms with van der Waals surface area (Å²) < 4.78 is 10.6. The van der Waals surface area contributed by atoms with Crippen LogP contribution in [0.1, 0.15) is 5.56 Å². The highest BCUT2D eigenvalue weighted by atomic mass is 35.5. The molecule has 0 bridgehead atoms. The van der Waals surface area contributed by atoms with Crippen molar-refractivity contribution in [3.8, 4) is 22.9 Å². The van der Waals surface area contributed by atoms with Crippen molar-refractivity contribution >= 4 is 29.1 Å². The van der Waals surface area contributed by atoms with Gasteiger partial charge in [0, 0.05) is 28.5 Å². The molecule has 0 aliphatic rings. The van der Waals surface area contributed by atoms with E-state index in [9.17, 15) is 10.1 Å². The minimum atomic E-state index is -0.441. The Bertz CT molecular complexity index is 979. The number of aromatic amines is 1. The second-order valence-electron chi connectivity index (χ2n) is 5.35. The number of hydrogen-bond donors (Lipinski definition) is 1. The first-order valence-electron chi connectivity index (χ1n) is 7.72. The van der Waals surface area contributed by atoms with Crippen LogP contribution in [-0.2, 0) is 5.75 Å². The van der Waals surface area contributed by atoms with Crippen LogP contribution in [0.3, 0.4) is 0 Å². The van der Waals surface area contributed by atoms with Gasteiger partial charge in [-0.2, -0.15) is 0 Å². The molecule has 1 aromatic heterocycles. The van der Waals surface area contributed by atoms with Crippen molar-refractivity contribution in [3.63, 3.8) is 0 Å². The summed E-state index contributed by atoms with van der Waals surface area (Å²) in [4.78, 5) is 15.0. The summed E-state index contributed by atoms with van der Waals surface area (Å²) in [6.07, 6.45) is 0. The van der Waals surface area contributed by atoms with Crippen molar-refractivity contribution in [2.45, 2.75) is 10.9 Å². The van der Waals surface area contributed by atoms with Crippen LogP contribution in [0.15, 0.2) is 41.6 Å². The summed E-state index contributed by atoms with van der Waals surface area (Å²) in [5.41, 5.74) is 1.38. The molecule has 0 amide bonds. The van der Waals surface area contributed by atoms with E-state index in [1.807, 2.05) is 0 Å². The molecule has 0 aliphatic carbocycles. The van der Waals surface area contributed by atoms with Crippen molar-refractivity contribution < 1.29 is 14.4 Å². The number of halogens is 1. The van der Waals surface area contributed by atoms with Gasteiger partial charge in [0.2, 0.25) is 5.16 Å². The van der Waals surface area contributed by atoms with E-state index < -0.39 is 4.92 Å².